The fourth-order valence-electron chi connectivity index (χ4n) is 1.90. The zero-order chi connectivity index (χ0) is 14.5. The van der Waals surface area contributed by atoms with Crippen molar-refractivity contribution in [3.63, 3.8) is 0 Å². The Labute approximate surface area is 126 Å². The molecule has 1 heterocycles. The van der Waals surface area contributed by atoms with E-state index in [9.17, 15) is 4.39 Å². The van der Waals surface area contributed by atoms with E-state index in [4.69, 9.17) is 4.74 Å². The molecule has 0 spiro atoms. The fourth-order valence-corrected chi connectivity index (χ4v) is 2.23. The number of pyridine rings is 1. The summed E-state index contributed by atoms with van der Waals surface area (Å²) in [5.74, 6) is 0.667. The third-order valence-electron chi connectivity index (χ3n) is 2.99. The lowest BCUT2D eigenvalue weighted by atomic mass is 10.1. The Morgan fingerprint density at radius 2 is 2.15 bits per heavy atom. The first kappa shape index (κ1) is 14.9. The van der Waals surface area contributed by atoms with Gasteiger partial charge in [-0.15, -0.1) is 0 Å². The van der Waals surface area contributed by atoms with Gasteiger partial charge in [-0.05, 0) is 53.7 Å². The number of ether oxygens (including phenoxy) is 1. The van der Waals surface area contributed by atoms with Crippen LogP contribution in [-0.2, 0) is 0 Å². The molecule has 0 aliphatic heterocycles. The van der Waals surface area contributed by atoms with Crippen LogP contribution >= 0.6 is 15.9 Å². The van der Waals surface area contributed by atoms with Gasteiger partial charge in [-0.3, -0.25) is 4.98 Å². The summed E-state index contributed by atoms with van der Waals surface area (Å²) < 4.78 is 19.5. The van der Waals surface area contributed by atoms with Crippen LogP contribution in [0.3, 0.4) is 0 Å². The normalized spacial score (nSPS) is 12.2. The fraction of sp³-hybridized carbons (Fsp3) is 0.267. The van der Waals surface area contributed by atoms with Gasteiger partial charge in [0.1, 0.15) is 17.3 Å². The first-order valence-corrected chi connectivity index (χ1v) is 7.19. The molecule has 20 heavy (non-hydrogen) atoms. The second-order valence-corrected chi connectivity index (χ2v) is 5.20. The second-order valence-electron chi connectivity index (χ2n) is 4.35. The molecule has 0 amide bonds. The van der Waals surface area contributed by atoms with Crippen molar-refractivity contribution in [1.29, 1.82) is 0 Å². The molecule has 0 radical (unpaired) electrons. The molecular weight excluding hydrogens is 323 g/mol. The van der Waals surface area contributed by atoms with Gasteiger partial charge in [-0.2, -0.15) is 0 Å². The highest BCUT2D eigenvalue weighted by Gasteiger charge is 2.09. The second kappa shape index (κ2) is 6.81. The Morgan fingerprint density at radius 1 is 1.35 bits per heavy atom. The molecule has 0 fully saturated rings. The van der Waals surface area contributed by atoms with Crippen molar-refractivity contribution in [3.8, 4) is 11.5 Å². The van der Waals surface area contributed by atoms with Crippen molar-refractivity contribution in [3.05, 3.63) is 52.5 Å². The molecule has 0 saturated carbocycles. The van der Waals surface area contributed by atoms with Crippen LogP contribution in [0.15, 0.2) is 41.0 Å². The number of hydrogen-bond donors (Lipinski definition) is 1. The average molecular weight is 339 g/mol. The maximum atomic E-state index is 13.2. The monoisotopic (exact) mass is 338 g/mol. The van der Waals surface area contributed by atoms with Crippen molar-refractivity contribution in [2.24, 2.45) is 0 Å². The van der Waals surface area contributed by atoms with Crippen molar-refractivity contribution >= 4 is 15.9 Å². The van der Waals surface area contributed by atoms with Gasteiger partial charge >= 0.3 is 0 Å². The number of nitrogens with zero attached hydrogens (tertiary/aromatic N) is 1. The first-order chi connectivity index (χ1) is 9.63. The van der Waals surface area contributed by atoms with Crippen LogP contribution in [0.1, 0.15) is 25.1 Å². The number of benzene rings is 1. The molecule has 2 rings (SSSR count). The average Bonchev–Trinajstić information content (AvgIpc) is 2.46. The van der Waals surface area contributed by atoms with Gasteiger partial charge < -0.3 is 10.1 Å². The first-order valence-electron chi connectivity index (χ1n) is 6.40. The Kier molecular flexibility index (Phi) is 5.09. The SMILES string of the molecule is CCC(NC)c1ccc(Oc2cc(F)ccc2Br)cn1. The van der Waals surface area contributed by atoms with Gasteiger partial charge in [-0.1, -0.05) is 6.92 Å². The van der Waals surface area contributed by atoms with E-state index in [0.717, 1.165) is 12.1 Å². The maximum Gasteiger partial charge on any atom is 0.145 e. The summed E-state index contributed by atoms with van der Waals surface area (Å²) in [6, 6.07) is 8.29. The standard InChI is InChI=1S/C15H16BrFN2O/c1-3-13(18-2)14-7-5-11(9-19-14)20-15-8-10(17)4-6-12(15)16/h4-9,13,18H,3H2,1-2H3. The Balaban J connectivity index is 2.16. The van der Waals surface area contributed by atoms with Crippen LogP contribution in [0.5, 0.6) is 11.5 Å². The highest BCUT2D eigenvalue weighted by Crippen LogP contribution is 2.30. The van der Waals surface area contributed by atoms with Crippen LogP contribution in [0.4, 0.5) is 4.39 Å². The van der Waals surface area contributed by atoms with Gasteiger partial charge in [0.25, 0.3) is 0 Å². The van der Waals surface area contributed by atoms with Gasteiger partial charge in [0.05, 0.1) is 16.4 Å². The summed E-state index contributed by atoms with van der Waals surface area (Å²) in [6.45, 7) is 2.09. The van der Waals surface area contributed by atoms with Crippen LogP contribution in [0, 0.1) is 5.82 Å². The molecule has 0 aliphatic carbocycles. The summed E-state index contributed by atoms with van der Waals surface area (Å²) in [5.41, 5.74) is 0.959. The highest BCUT2D eigenvalue weighted by molar-refractivity contribution is 9.10. The van der Waals surface area contributed by atoms with E-state index < -0.39 is 0 Å². The molecule has 0 saturated heterocycles. The van der Waals surface area contributed by atoms with Gasteiger partial charge in [0.15, 0.2) is 0 Å². The van der Waals surface area contributed by atoms with Crippen molar-refractivity contribution < 1.29 is 9.13 Å². The Hall–Kier alpha value is -1.46. The lowest BCUT2D eigenvalue weighted by Gasteiger charge is -2.13. The predicted octanol–water partition coefficient (Wildman–Crippen LogP) is 4.45. The predicted molar refractivity (Wildman–Crippen MR) is 80.5 cm³/mol. The molecule has 1 aromatic heterocycles. The van der Waals surface area contributed by atoms with Crippen LogP contribution in [-0.4, -0.2) is 12.0 Å². The topological polar surface area (TPSA) is 34.1 Å². The summed E-state index contributed by atoms with van der Waals surface area (Å²) in [7, 11) is 1.91. The van der Waals surface area contributed by atoms with Crippen molar-refractivity contribution in [2.45, 2.75) is 19.4 Å². The lowest BCUT2D eigenvalue weighted by Crippen LogP contribution is -2.16. The number of nitrogens with one attached hydrogen (secondary N) is 1. The zero-order valence-corrected chi connectivity index (χ0v) is 12.9. The molecule has 0 bridgehead atoms. The molecule has 106 valence electrons. The zero-order valence-electron chi connectivity index (χ0n) is 11.4. The molecular formula is C15H16BrFN2O. The van der Waals surface area contributed by atoms with Crippen molar-refractivity contribution in [2.75, 3.05) is 7.05 Å². The minimum atomic E-state index is -0.339. The highest BCUT2D eigenvalue weighted by atomic mass is 79.9. The van der Waals surface area contributed by atoms with E-state index in [1.807, 2.05) is 19.2 Å². The molecule has 3 nitrogen and oxygen atoms in total. The number of aromatic nitrogens is 1. The summed E-state index contributed by atoms with van der Waals surface area (Å²) in [5, 5.41) is 3.19. The molecule has 0 aliphatic rings. The molecule has 1 atom stereocenters. The van der Waals surface area contributed by atoms with Gasteiger partial charge in [0.2, 0.25) is 0 Å². The van der Waals surface area contributed by atoms with Gasteiger partial charge in [0, 0.05) is 12.1 Å². The number of hydrogen-bond acceptors (Lipinski definition) is 3. The summed E-state index contributed by atoms with van der Waals surface area (Å²) in [4.78, 5) is 4.37. The number of rotatable bonds is 5. The van der Waals surface area contributed by atoms with Crippen LogP contribution < -0.4 is 10.1 Å². The summed E-state index contributed by atoms with van der Waals surface area (Å²) in [6.07, 6.45) is 2.60. The van der Waals surface area contributed by atoms with Crippen molar-refractivity contribution in [1.82, 2.24) is 10.3 Å². The van der Waals surface area contributed by atoms with Gasteiger partial charge in [-0.25, -0.2) is 4.39 Å². The molecule has 1 N–H and O–H groups in total. The quantitative estimate of drug-likeness (QED) is 0.874. The minimum Gasteiger partial charge on any atom is -0.454 e. The molecule has 1 aromatic carbocycles. The maximum absolute atomic E-state index is 13.2. The van der Waals surface area contributed by atoms with E-state index in [1.54, 1.807) is 12.3 Å². The van der Waals surface area contributed by atoms with E-state index in [0.29, 0.717) is 16.0 Å². The van der Waals surface area contributed by atoms with Crippen LogP contribution in [0.2, 0.25) is 0 Å². The van der Waals surface area contributed by atoms with E-state index in [-0.39, 0.29) is 11.9 Å². The van der Waals surface area contributed by atoms with E-state index >= 15 is 0 Å². The Bertz CT molecular complexity index is 571. The summed E-state index contributed by atoms with van der Waals surface area (Å²) >= 11 is 3.33. The Morgan fingerprint density at radius 3 is 2.75 bits per heavy atom. The largest absolute Gasteiger partial charge is 0.454 e. The molecule has 5 heteroatoms. The lowest BCUT2D eigenvalue weighted by molar-refractivity contribution is 0.469. The third kappa shape index (κ3) is 3.55. The number of halogens is 2. The third-order valence-corrected chi connectivity index (χ3v) is 3.65. The molecule has 2 aromatic rings. The smallest absolute Gasteiger partial charge is 0.145 e. The minimum absolute atomic E-state index is 0.227. The van der Waals surface area contributed by atoms with E-state index in [1.165, 1.54) is 12.1 Å². The van der Waals surface area contributed by atoms with Crippen LogP contribution in [0.25, 0.3) is 0 Å². The molecule has 1 unspecified atom stereocenters. The van der Waals surface area contributed by atoms with E-state index in [2.05, 4.69) is 33.2 Å².